The van der Waals surface area contributed by atoms with Crippen LogP contribution in [0.3, 0.4) is 0 Å². The predicted molar refractivity (Wildman–Crippen MR) is 99.7 cm³/mol. The normalized spacial score (nSPS) is 17.0. The Hall–Kier alpha value is -2.71. The number of nitrogens with zero attached hydrogens (tertiary/aromatic N) is 4. The van der Waals surface area contributed by atoms with E-state index < -0.39 is 0 Å². The predicted octanol–water partition coefficient (Wildman–Crippen LogP) is 1.90. The van der Waals surface area contributed by atoms with E-state index >= 15 is 0 Å². The minimum atomic E-state index is -0.269. The molecule has 8 nitrogen and oxygen atoms in total. The average molecular weight is 375 g/mol. The second-order valence-electron chi connectivity index (χ2n) is 5.69. The molecule has 26 heavy (non-hydrogen) atoms. The molecule has 0 aliphatic carbocycles. The maximum absolute atomic E-state index is 12.2. The molecule has 1 fully saturated rings. The van der Waals surface area contributed by atoms with Crippen LogP contribution in [0.15, 0.2) is 30.9 Å². The molecule has 0 unspecified atom stereocenters. The Morgan fingerprint density at radius 1 is 1.42 bits per heavy atom. The summed E-state index contributed by atoms with van der Waals surface area (Å²) in [4.78, 5) is 26.4. The minimum Gasteiger partial charge on any atom is -0.377 e. The summed E-state index contributed by atoms with van der Waals surface area (Å²) in [5.41, 5.74) is 7.25. The highest BCUT2D eigenvalue weighted by atomic mass is 35.5. The van der Waals surface area contributed by atoms with Gasteiger partial charge in [-0.3, -0.25) is 4.79 Å². The summed E-state index contributed by atoms with van der Waals surface area (Å²) in [5, 5.41) is 3.34. The van der Waals surface area contributed by atoms with E-state index in [2.05, 4.69) is 26.8 Å². The lowest BCUT2D eigenvalue weighted by atomic mass is 10.0. The van der Waals surface area contributed by atoms with Gasteiger partial charge in [-0.15, -0.1) is 0 Å². The molecule has 1 aromatic carbocycles. The molecular formula is C17H19ClN6O2. The SMILES string of the molecule is C=CC(=O)N1CCOC[C@H]1c1cc(Cl)cc(-c2nc(N)nc(NC)n2)c1. The topological polar surface area (TPSA) is 106 Å². The van der Waals surface area contributed by atoms with Gasteiger partial charge in [-0.25, -0.2) is 0 Å². The Labute approximate surface area is 156 Å². The average Bonchev–Trinajstić information content (AvgIpc) is 2.66. The number of ether oxygens (including phenoxy) is 1. The van der Waals surface area contributed by atoms with Crippen LogP contribution < -0.4 is 11.1 Å². The number of hydrogen-bond acceptors (Lipinski definition) is 7. The maximum Gasteiger partial charge on any atom is 0.246 e. The zero-order chi connectivity index (χ0) is 18.7. The third-order valence-electron chi connectivity index (χ3n) is 4.03. The van der Waals surface area contributed by atoms with Gasteiger partial charge in [0.25, 0.3) is 0 Å². The van der Waals surface area contributed by atoms with Gasteiger partial charge in [0.1, 0.15) is 0 Å². The summed E-state index contributed by atoms with van der Waals surface area (Å²) >= 11 is 6.31. The smallest absolute Gasteiger partial charge is 0.246 e. The lowest BCUT2D eigenvalue weighted by Crippen LogP contribution is -2.42. The van der Waals surface area contributed by atoms with E-state index in [1.165, 1.54) is 6.08 Å². The van der Waals surface area contributed by atoms with Gasteiger partial charge in [-0.1, -0.05) is 18.2 Å². The van der Waals surface area contributed by atoms with E-state index in [0.717, 1.165) is 5.56 Å². The third-order valence-corrected chi connectivity index (χ3v) is 4.24. The number of nitrogen functional groups attached to an aromatic ring is 1. The molecule has 1 saturated heterocycles. The first kappa shape index (κ1) is 18.1. The molecule has 3 rings (SSSR count). The molecule has 1 amide bonds. The Bertz CT molecular complexity index is 844. The van der Waals surface area contributed by atoms with Gasteiger partial charge in [-0.05, 0) is 29.8 Å². The van der Waals surface area contributed by atoms with Gasteiger partial charge in [0.15, 0.2) is 5.82 Å². The molecular weight excluding hydrogens is 356 g/mol. The standard InChI is InChI=1S/C17H19ClN6O2/c1-3-14(25)24-4-5-26-9-13(24)10-6-11(8-12(18)7-10)15-21-16(19)23-17(20-2)22-15/h3,6-8,13H,1,4-5,9H2,2H3,(H3,19,20,21,22,23)/t13-/m0/s1. The van der Waals surface area contributed by atoms with Crippen molar-refractivity contribution in [2.75, 3.05) is 37.9 Å². The highest BCUT2D eigenvalue weighted by Crippen LogP contribution is 2.31. The number of morpholine rings is 1. The number of carbonyl (C=O) groups is 1. The summed E-state index contributed by atoms with van der Waals surface area (Å²) in [6.45, 7) is 4.92. The first-order valence-corrected chi connectivity index (χ1v) is 8.40. The number of halogens is 1. The van der Waals surface area contributed by atoms with E-state index in [-0.39, 0.29) is 17.9 Å². The highest BCUT2D eigenvalue weighted by Gasteiger charge is 2.28. The van der Waals surface area contributed by atoms with Crippen LogP contribution >= 0.6 is 11.6 Å². The molecule has 0 saturated carbocycles. The zero-order valence-corrected chi connectivity index (χ0v) is 15.0. The first-order chi connectivity index (χ1) is 12.5. The molecule has 2 aromatic rings. The van der Waals surface area contributed by atoms with E-state index in [0.29, 0.717) is 42.1 Å². The van der Waals surface area contributed by atoms with Crippen molar-refractivity contribution < 1.29 is 9.53 Å². The Morgan fingerprint density at radius 2 is 2.23 bits per heavy atom. The van der Waals surface area contributed by atoms with Crippen molar-refractivity contribution in [2.24, 2.45) is 0 Å². The Balaban J connectivity index is 2.03. The van der Waals surface area contributed by atoms with Crippen LogP contribution in [0.1, 0.15) is 11.6 Å². The fourth-order valence-electron chi connectivity index (χ4n) is 2.83. The van der Waals surface area contributed by atoms with Crippen molar-refractivity contribution in [3.05, 3.63) is 41.4 Å². The molecule has 0 spiro atoms. The largest absolute Gasteiger partial charge is 0.377 e. The number of rotatable bonds is 4. The maximum atomic E-state index is 12.2. The van der Waals surface area contributed by atoms with Gasteiger partial charge in [0.2, 0.25) is 17.8 Å². The van der Waals surface area contributed by atoms with Gasteiger partial charge >= 0.3 is 0 Å². The van der Waals surface area contributed by atoms with Crippen LogP contribution in [-0.4, -0.2) is 52.6 Å². The summed E-state index contributed by atoms with van der Waals surface area (Å²) < 4.78 is 5.56. The molecule has 136 valence electrons. The zero-order valence-electron chi connectivity index (χ0n) is 14.3. The molecule has 1 atom stereocenters. The van der Waals surface area contributed by atoms with Crippen LogP contribution in [0.4, 0.5) is 11.9 Å². The number of nitrogens with one attached hydrogen (secondary N) is 1. The van der Waals surface area contributed by atoms with Crippen molar-refractivity contribution in [3.8, 4) is 11.4 Å². The quantitative estimate of drug-likeness (QED) is 0.787. The minimum absolute atomic E-state index is 0.102. The molecule has 1 aliphatic heterocycles. The van der Waals surface area contributed by atoms with Crippen LogP contribution in [0.25, 0.3) is 11.4 Å². The number of carbonyl (C=O) groups excluding carboxylic acids is 1. The van der Waals surface area contributed by atoms with Crippen LogP contribution in [-0.2, 0) is 9.53 Å². The summed E-state index contributed by atoms with van der Waals surface area (Å²) in [7, 11) is 1.69. The Morgan fingerprint density at radius 3 is 2.96 bits per heavy atom. The van der Waals surface area contributed by atoms with Crippen molar-refractivity contribution >= 4 is 29.4 Å². The lowest BCUT2D eigenvalue weighted by Gasteiger charge is -2.35. The monoisotopic (exact) mass is 374 g/mol. The molecule has 9 heteroatoms. The second kappa shape index (κ2) is 7.67. The molecule has 1 aromatic heterocycles. The highest BCUT2D eigenvalue weighted by molar-refractivity contribution is 6.31. The summed E-state index contributed by atoms with van der Waals surface area (Å²) in [5.74, 6) is 0.703. The van der Waals surface area contributed by atoms with Crippen molar-refractivity contribution in [2.45, 2.75) is 6.04 Å². The lowest BCUT2D eigenvalue weighted by molar-refractivity contribution is -0.134. The van der Waals surface area contributed by atoms with Gasteiger partial charge in [0.05, 0.1) is 19.3 Å². The van der Waals surface area contributed by atoms with Crippen molar-refractivity contribution in [1.29, 1.82) is 0 Å². The summed E-state index contributed by atoms with van der Waals surface area (Å²) in [6.07, 6.45) is 1.30. The number of anilines is 2. The number of benzene rings is 1. The molecule has 2 heterocycles. The second-order valence-corrected chi connectivity index (χ2v) is 6.13. The van der Waals surface area contributed by atoms with E-state index in [1.807, 2.05) is 6.07 Å². The fourth-order valence-corrected chi connectivity index (χ4v) is 3.07. The third kappa shape index (κ3) is 3.76. The van der Waals surface area contributed by atoms with Crippen molar-refractivity contribution in [3.63, 3.8) is 0 Å². The number of nitrogens with two attached hydrogens (primary N) is 1. The number of amides is 1. The Kier molecular flexibility index (Phi) is 5.34. The fraction of sp³-hybridized carbons (Fsp3) is 0.294. The van der Waals surface area contributed by atoms with E-state index in [9.17, 15) is 4.79 Å². The van der Waals surface area contributed by atoms with Gasteiger partial charge in [-0.2, -0.15) is 15.0 Å². The number of aromatic nitrogens is 3. The van der Waals surface area contributed by atoms with Gasteiger partial charge in [0, 0.05) is 24.2 Å². The molecule has 3 N–H and O–H groups in total. The van der Waals surface area contributed by atoms with Crippen LogP contribution in [0, 0.1) is 0 Å². The number of hydrogen-bond donors (Lipinski definition) is 2. The molecule has 0 radical (unpaired) electrons. The van der Waals surface area contributed by atoms with Crippen LogP contribution in [0.5, 0.6) is 0 Å². The first-order valence-electron chi connectivity index (χ1n) is 8.02. The van der Waals surface area contributed by atoms with Crippen LogP contribution in [0.2, 0.25) is 5.02 Å². The van der Waals surface area contributed by atoms with Crippen molar-refractivity contribution in [1.82, 2.24) is 19.9 Å². The molecule has 1 aliphatic rings. The van der Waals surface area contributed by atoms with E-state index in [1.54, 1.807) is 24.1 Å². The van der Waals surface area contributed by atoms with E-state index in [4.69, 9.17) is 22.1 Å². The van der Waals surface area contributed by atoms with Gasteiger partial charge < -0.3 is 20.7 Å². The molecule has 0 bridgehead atoms. The summed E-state index contributed by atoms with van der Waals surface area (Å²) in [6, 6.07) is 5.15.